The number of Topliss-reactive ketones (excluding diaryl/α,β-unsaturated/α-hetero) is 1. The molecule has 0 saturated carbocycles. The zero-order chi connectivity index (χ0) is 17.8. The molecule has 0 amide bonds. The molecule has 0 aliphatic rings. The van der Waals surface area contributed by atoms with Crippen molar-refractivity contribution in [3.63, 3.8) is 0 Å². The van der Waals surface area contributed by atoms with Crippen LogP contribution in [0.1, 0.15) is 28.4 Å². The second-order valence-electron chi connectivity index (χ2n) is 6.19. The predicted octanol–water partition coefficient (Wildman–Crippen LogP) is 6.59. The summed E-state index contributed by atoms with van der Waals surface area (Å²) in [5.74, 6) is 0.0649. The molecule has 0 aliphatic carbocycles. The molecule has 25 heavy (non-hydrogen) atoms. The highest BCUT2D eigenvalue weighted by atomic mass is 16.1. The van der Waals surface area contributed by atoms with Crippen LogP contribution >= 0.6 is 0 Å². The lowest BCUT2D eigenvalue weighted by Crippen LogP contribution is -1.91. The zero-order valence-electron chi connectivity index (χ0n) is 14.7. The summed E-state index contributed by atoms with van der Waals surface area (Å²) in [6.45, 7) is 5.67. The van der Waals surface area contributed by atoms with Gasteiger partial charge < -0.3 is 0 Å². The van der Waals surface area contributed by atoms with E-state index >= 15 is 0 Å². The lowest BCUT2D eigenvalue weighted by Gasteiger charge is -2.07. The molecule has 3 aromatic carbocycles. The monoisotopic (exact) mass is 328 g/mol. The summed E-state index contributed by atoms with van der Waals surface area (Å²) >= 11 is 0. The van der Waals surface area contributed by atoms with Crippen molar-refractivity contribution in [3.8, 4) is 11.1 Å². The first-order valence-electron chi connectivity index (χ1n) is 8.23. The lowest BCUT2D eigenvalue weighted by atomic mass is 9.99. The van der Waals surface area contributed by atoms with Crippen LogP contribution in [0.5, 0.6) is 0 Å². The third kappa shape index (κ3) is 4.07. The third-order valence-electron chi connectivity index (χ3n) is 4.06. The Balaban J connectivity index is 1.97. The van der Waals surface area contributed by atoms with Gasteiger partial charge in [-0.05, 0) is 50.6 Å². The molecule has 3 aromatic rings. The summed E-state index contributed by atoms with van der Waals surface area (Å²) in [4.78, 5) is 11.5. The highest BCUT2D eigenvalue weighted by Gasteiger charge is 2.07. The van der Waals surface area contributed by atoms with Crippen molar-refractivity contribution >= 4 is 17.2 Å². The van der Waals surface area contributed by atoms with Gasteiger partial charge in [-0.3, -0.25) is 4.79 Å². The van der Waals surface area contributed by atoms with E-state index in [1.54, 1.807) is 6.92 Å². The van der Waals surface area contributed by atoms with Crippen LogP contribution in [-0.4, -0.2) is 5.78 Å². The van der Waals surface area contributed by atoms with E-state index in [9.17, 15) is 4.79 Å². The maximum absolute atomic E-state index is 11.5. The molecule has 0 N–H and O–H groups in total. The second kappa shape index (κ2) is 7.22. The number of azo groups is 1. The molecule has 0 spiro atoms. The topological polar surface area (TPSA) is 41.8 Å². The molecular weight excluding hydrogens is 308 g/mol. The normalized spacial score (nSPS) is 11.0. The van der Waals surface area contributed by atoms with Gasteiger partial charge >= 0.3 is 0 Å². The van der Waals surface area contributed by atoms with Crippen LogP contribution in [0.25, 0.3) is 11.1 Å². The van der Waals surface area contributed by atoms with Gasteiger partial charge in [0.05, 0.1) is 11.4 Å². The molecule has 0 bridgehead atoms. The highest BCUT2D eigenvalue weighted by Crippen LogP contribution is 2.32. The Kier molecular flexibility index (Phi) is 4.85. The van der Waals surface area contributed by atoms with Gasteiger partial charge in [0.15, 0.2) is 5.78 Å². The summed E-state index contributed by atoms with van der Waals surface area (Å²) < 4.78 is 0. The summed E-state index contributed by atoms with van der Waals surface area (Å²) in [5.41, 5.74) is 6.71. The summed E-state index contributed by atoms with van der Waals surface area (Å²) in [7, 11) is 0. The Labute approximate surface area is 148 Å². The quantitative estimate of drug-likeness (QED) is 0.393. The molecule has 0 heterocycles. The number of hydrogen-bond donors (Lipinski definition) is 0. The smallest absolute Gasteiger partial charge is 0.159 e. The first-order valence-corrected chi connectivity index (χ1v) is 8.23. The minimum Gasteiger partial charge on any atom is -0.295 e. The van der Waals surface area contributed by atoms with Crippen molar-refractivity contribution in [2.45, 2.75) is 20.8 Å². The van der Waals surface area contributed by atoms with Crippen LogP contribution < -0.4 is 0 Å². The standard InChI is InChI=1S/C22H20N2O/c1-15-4-11-20(12-5-15)23-24-22-13-6-16(2)14-21(22)19-9-7-18(8-10-19)17(3)25/h4-14H,1-3H3/b24-23+. The Bertz CT molecular complexity index is 923. The largest absolute Gasteiger partial charge is 0.295 e. The average molecular weight is 328 g/mol. The van der Waals surface area contributed by atoms with Crippen LogP contribution in [0.4, 0.5) is 11.4 Å². The molecule has 124 valence electrons. The van der Waals surface area contributed by atoms with Crippen LogP contribution in [0.2, 0.25) is 0 Å². The van der Waals surface area contributed by atoms with Gasteiger partial charge in [0, 0.05) is 11.1 Å². The molecule has 0 saturated heterocycles. The first kappa shape index (κ1) is 16.8. The second-order valence-corrected chi connectivity index (χ2v) is 6.19. The number of carbonyl (C=O) groups excluding carboxylic acids is 1. The number of rotatable bonds is 4. The van der Waals surface area contributed by atoms with Gasteiger partial charge in [-0.25, -0.2) is 0 Å². The average Bonchev–Trinajstić information content (AvgIpc) is 2.62. The van der Waals surface area contributed by atoms with E-state index in [2.05, 4.69) is 16.3 Å². The third-order valence-corrected chi connectivity index (χ3v) is 4.06. The Morgan fingerprint density at radius 1 is 0.760 bits per heavy atom. The molecule has 0 aliphatic heterocycles. The van der Waals surface area contributed by atoms with Crippen molar-refractivity contribution in [1.29, 1.82) is 0 Å². The molecular formula is C22H20N2O. The van der Waals surface area contributed by atoms with Gasteiger partial charge in [-0.2, -0.15) is 5.11 Å². The fraction of sp³-hybridized carbons (Fsp3) is 0.136. The summed E-state index contributed by atoms with van der Waals surface area (Å²) in [5, 5.41) is 8.79. The van der Waals surface area contributed by atoms with Crippen LogP contribution in [-0.2, 0) is 0 Å². The minimum absolute atomic E-state index is 0.0649. The molecule has 3 nitrogen and oxygen atoms in total. The van der Waals surface area contributed by atoms with E-state index in [0.717, 1.165) is 28.1 Å². The molecule has 0 atom stereocenters. The molecule has 0 unspecified atom stereocenters. The van der Waals surface area contributed by atoms with E-state index in [1.165, 1.54) is 5.56 Å². The van der Waals surface area contributed by atoms with Crippen molar-refractivity contribution < 1.29 is 4.79 Å². The number of benzene rings is 3. The van der Waals surface area contributed by atoms with Crippen molar-refractivity contribution in [1.82, 2.24) is 0 Å². The van der Waals surface area contributed by atoms with Crippen molar-refractivity contribution in [2.75, 3.05) is 0 Å². The maximum atomic E-state index is 11.5. The summed E-state index contributed by atoms with van der Waals surface area (Å²) in [6.07, 6.45) is 0. The van der Waals surface area contributed by atoms with Gasteiger partial charge in [0.1, 0.15) is 0 Å². The maximum Gasteiger partial charge on any atom is 0.159 e. The van der Waals surface area contributed by atoms with Crippen LogP contribution in [0, 0.1) is 13.8 Å². The van der Waals surface area contributed by atoms with E-state index < -0.39 is 0 Å². The highest BCUT2D eigenvalue weighted by molar-refractivity contribution is 5.94. The van der Waals surface area contributed by atoms with E-state index in [-0.39, 0.29) is 5.78 Å². The molecule has 3 rings (SSSR count). The fourth-order valence-electron chi connectivity index (χ4n) is 2.58. The van der Waals surface area contributed by atoms with E-state index in [1.807, 2.05) is 74.5 Å². The molecule has 0 radical (unpaired) electrons. The lowest BCUT2D eigenvalue weighted by molar-refractivity contribution is 0.101. The molecule has 3 heteroatoms. The number of hydrogen-bond acceptors (Lipinski definition) is 3. The Morgan fingerprint density at radius 3 is 2.04 bits per heavy atom. The van der Waals surface area contributed by atoms with Crippen molar-refractivity contribution in [2.24, 2.45) is 10.2 Å². The van der Waals surface area contributed by atoms with Crippen LogP contribution in [0.3, 0.4) is 0 Å². The Hall–Kier alpha value is -3.07. The summed E-state index contributed by atoms with van der Waals surface area (Å²) in [6, 6.07) is 21.6. The van der Waals surface area contributed by atoms with Gasteiger partial charge in [-0.1, -0.05) is 53.6 Å². The fourth-order valence-corrected chi connectivity index (χ4v) is 2.58. The Morgan fingerprint density at radius 2 is 1.40 bits per heavy atom. The van der Waals surface area contributed by atoms with E-state index in [4.69, 9.17) is 0 Å². The van der Waals surface area contributed by atoms with Gasteiger partial charge in [0.25, 0.3) is 0 Å². The number of aryl methyl sites for hydroxylation is 2. The van der Waals surface area contributed by atoms with Crippen LogP contribution in [0.15, 0.2) is 77.0 Å². The SMILES string of the molecule is CC(=O)c1ccc(-c2cc(C)ccc2/N=N/c2ccc(C)cc2)cc1. The van der Waals surface area contributed by atoms with E-state index in [0.29, 0.717) is 5.56 Å². The van der Waals surface area contributed by atoms with Crippen molar-refractivity contribution in [3.05, 3.63) is 83.4 Å². The zero-order valence-corrected chi connectivity index (χ0v) is 14.7. The minimum atomic E-state index is 0.0649. The first-order chi connectivity index (χ1) is 12.0. The predicted molar refractivity (Wildman–Crippen MR) is 102 cm³/mol. The number of nitrogens with zero attached hydrogens (tertiary/aromatic N) is 2. The van der Waals surface area contributed by atoms with Gasteiger partial charge in [-0.15, -0.1) is 5.11 Å². The molecule has 0 aromatic heterocycles. The molecule has 0 fully saturated rings. The number of carbonyl (C=O) groups is 1. The number of ketones is 1. The van der Waals surface area contributed by atoms with Gasteiger partial charge in [0.2, 0.25) is 0 Å².